The third-order valence-corrected chi connectivity index (χ3v) is 20.5. The van der Waals surface area contributed by atoms with E-state index in [9.17, 15) is 30.7 Å². The summed E-state index contributed by atoms with van der Waals surface area (Å²) in [5.74, 6) is 6.27. The lowest BCUT2D eigenvalue weighted by atomic mass is 9.66. The molecule has 13 heteroatoms. The predicted octanol–water partition coefficient (Wildman–Crippen LogP) is 38.6. The average molecular weight is 1770 g/mol. The zero-order valence-electron chi connectivity index (χ0n) is 92.9. The molecule has 1 heterocycles. The number of aliphatic hydroxyl groups is 3. The highest BCUT2D eigenvalue weighted by molar-refractivity contribution is 4.98. The van der Waals surface area contributed by atoms with Gasteiger partial charge in [0.2, 0.25) is 0 Å². The van der Waals surface area contributed by atoms with E-state index in [4.69, 9.17) is 29.5 Å². The molecule has 122 heavy (non-hydrogen) atoms. The predicted molar refractivity (Wildman–Crippen MR) is 535 cm³/mol. The summed E-state index contributed by atoms with van der Waals surface area (Å²) in [6, 6.07) is 0. The molecule has 10 aliphatic carbocycles. The number of alkyl halides is 7. The Kier molecular flexibility index (Phi) is 86.1. The van der Waals surface area contributed by atoms with Gasteiger partial charge in [0.05, 0.1) is 47.0 Å². The zero-order chi connectivity index (χ0) is 99.9. The summed E-state index contributed by atoms with van der Waals surface area (Å²) < 4.78 is 99.2. The van der Waals surface area contributed by atoms with Crippen LogP contribution in [0.1, 0.15) is 545 Å². The van der Waals surface area contributed by atoms with Crippen molar-refractivity contribution in [2.45, 2.75) is 592 Å². The van der Waals surface area contributed by atoms with Gasteiger partial charge in [0.15, 0.2) is 0 Å². The first-order valence-electron chi connectivity index (χ1n) is 49.9. The van der Waals surface area contributed by atoms with E-state index in [1.54, 1.807) is 69.6 Å². The molecule has 0 spiro atoms. The van der Waals surface area contributed by atoms with Crippen molar-refractivity contribution >= 4 is 0 Å². The number of aliphatic hydroxyl groups excluding tert-OH is 1. The Morgan fingerprint density at radius 2 is 0.607 bits per heavy atom. The second-order valence-electron chi connectivity index (χ2n) is 49.2. The lowest BCUT2D eigenvalue weighted by Crippen LogP contribution is -2.43. The summed E-state index contributed by atoms with van der Waals surface area (Å²) in [5.41, 5.74) is 0.444. The number of methoxy groups -OCH3 is 2. The SMILES string of the molecule is CC(C)(C)C.CC(C)(C)C.CC(C)(C)O.CC(C)C.CC(C)C.CC(C)C.CC(C)O.CC1(C)CC1.CC1(C)CCC1.CC1(C)COC1.CC1(O)CC1.CC1CC(C)(F)C1.CCC.CCC(C)C.CCC1(C(F)(F)F)CC1.CCC1(C(F)(F)F)CCC1.CCC1(C)CC1.CCC1(C)CCC1.CCC1CC1.CCC1CCC1.COC(C)(C)C.COC(C)C. The third kappa shape index (κ3) is 135. The molecule has 0 amide bonds. The molecule has 754 valence electrons. The smallest absolute Gasteiger partial charge is 0.394 e. The van der Waals surface area contributed by atoms with E-state index in [1.807, 2.05) is 41.5 Å². The first-order chi connectivity index (χ1) is 54.3. The molecule has 11 aliphatic rings. The number of ether oxygens (including phenoxy) is 3. The van der Waals surface area contributed by atoms with Gasteiger partial charge in [-0.25, -0.2) is 4.39 Å². The highest BCUT2D eigenvalue weighted by Gasteiger charge is 2.61. The number of hydrogen-bond acceptors (Lipinski definition) is 6. The van der Waals surface area contributed by atoms with Crippen molar-refractivity contribution in [3.8, 4) is 0 Å². The summed E-state index contributed by atoms with van der Waals surface area (Å²) in [4.78, 5) is 0. The number of halogens is 7. The number of rotatable bonds is 8. The van der Waals surface area contributed by atoms with Crippen LogP contribution in [0, 0.1) is 90.2 Å². The Morgan fingerprint density at radius 1 is 0.402 bits per heavy atom. The Hall–Kier alpha value is -0.730. The van der Waals surface area contributed by atoms with Crippen molar-refractivity contribution in [1.29, 1.82) is 0 Å². The van der Waals surface area contributed by atoms with Gasteiger partial charge in [-0.3, -0.25) is 0 Å². The molecular formula is C109H233F7O6. The topological polar surface area (TPSA) is 88.4 Å². The third-order valence-electron chi connectivity index (χ3n) is 20.5. The molecule has 0 aromatic rings. The van der Waals surface area contributed by atoms with Crippen molar-refractivity contribution in [2.24, 2.45) is 90.2 Å². The first-order valence-corrected chi connectivity index (χ1v) is 49.9. The van der Waals surface area contributed by atoms with Crippen LogP contribution in [-0.2, 0) is 14.2 Å². The van der Waals surface area contributed by atoms with Gasteiger partial charge in [-0.05, 0) is 273 Å². The lowest BCUT2D eigenvalue weighted by Gasteiger charge is -2.42. The van der Waals surface area contributed by atoms with E-state index >= 15 is 0 Å². The zero-order valence-corrected chi connectivity index (χ0v) is 92.9. The molecule has 0 unspecified atom stereocenters. The molecule has 0 aromatic heterocycles. The van der Waals surface area contributed by atoms with Gasteiger partial charge in [0.25, 0.3) is 0 Å². The van der Waals surface area contributed by atoms with E-state index < -0.39 is 34.5 Å². The minimum atomic E-state index is -3.96. The van der Waals surface area contributed by atoms with Crippen molar-refractivity contribution in [3.05, 3.63) is 0 Å². The van der Waals surface area contributed by atoms with Crippen LogP contribution in [0.3, 0.4) is 0 Å². The highest BCUT2D eigenvalue weighted by Crippen LogP contribution is 2.60. The maximum Gasteiger partial charge on any atom is 0.394 e. The molecule has 0 aromatic carbocycles. The maximum absolute atomic E-state index is 12.5. The lowest BCUT2D eigenvalue weighted by molar-refractivity contribution is -0.251. The minimum Gasteiger partial charge on any atom is -0.394 e. The van der Waals surface area contributed by atoms with E-state index in [1.165, 1.54) is 135 Å². The van der Waals surface area contributed by atoms with Gasteiger partial charge in [0, 0.05) is 25.7 Å². The Bertz CT molecular complexity index is 1990. The standard InChI is InChI=1S/C7H11F3.C7H14.C6H9F3.C6H11F.3C6H12.C5H10O.C5H12O.2C5H10.3C5H12.C4H8O.2C4H10O.3C4H10.C3H8O.C3H8/c1-2-6(4-3-5-6)7(8,9)10;1-3-7(2)5-4-6-7;1-2-5(3-4-5)6(7,8)9;1-5-3-6(2,7)4-5;1-6(2)4-3-5-6;1-3-6(2)4-5-6;1-2-6-4-3-5-6;1-5(2)3-6-4-5;1-5(2,3)6-4;1-5(2)3-4-5;1-2-5-3-4-5;2*1-5(2,3)4;1-4-5(2)3;1-4(5)2-3-4;1-4(2)5-3;1-4(2,3)5;3*1-4(2)3;1-3(2)4;1-3-2/h2-5H2,1H3;3-6H2,1-2H3;2-4H2,1H3;5H,3-4H2,1-2H3;2*3-5H2,1-2H3;6H,2-5H2,1H3;3-4H2,1-2H3;1-4H3;3-4H2,1-2H3;5H,2-4H2,1H3;2*1-4H3;5H,4H2,1-3H3;5H,2-3H2,1H3;4H,1-3H3;5H,1-3H3;3*4H,1-3H3;3-4H,1-2H3;3H2,1-2H3. The highest BCUT2D eigenvalue weighted by atomic mass is 19.4. The summed E-state index contributed by atoms with van der Waals surface area (Å²) >= 11 is 0. The van der Waals surface area contributed by atoms with Gasteiger partial charge in [0.1, 0.15) is 5.67 Å². The fourth-order valence-electron chi connectivity index (χ4n) is 8.78. The molecule has 10 saturated carbocycles. The normalized spacial score (nSPS) is 21.1. The molecule has 11 rings (SSSR count). The Morgan fingerprint density at radius 3 is 0.607 bits per heavy atom. The quantitative estimate of drug-likeness (QED) is 0.210. The van der Waals surface area contributed by atoms with E-state index in [2.05, 4.69) is 242 Å². The summed E-state index contributed by atoms with van der Waals surface area (Å²) in [6.45, 7) is 105. The van der Waals surface area contributed by atoms with Crippen molar-refractivity contribution in [1.82, 2.24) is 0 Å². The van der Waals surface area contributed by atoms with E-state index in [-0.39, 0.29) is 30.1 Å². The van der Waals surface area contributed by atoms with Crippen LogP contribution in [0.4, 0.5) is 30.7 Å². The monoisotopic (exact) mass is 1770 g/mol. The maximum atomic E-state index is 12.5. The summed E-state index contributed by atoms with van der Waals surface area (Å²) in [5, 5.41) is 25.2. The summed E-state index contributed by atoms with van der Waals surface area (Å²) in [6.07, 6.45) is 28.8. The van der Waals surface area contributed by atoms with Crippen LogP contribution >= 0.6 is 0 Å². The average Bonchev–Trinajstić information content (AvgIpc) is 1.45. The van der Waals surface area contributed by atoms with Crippen LogP contribution in [0.25, 0.3) is 0 Å². The molecule has 0 radical (unpaired) electrons. The van der Waals surface area contributed by atoms with Gasteiger partial charge in [-0.2, -0.15) is 26.3 Å². The second kappa shape index (κ2) is 72.8. The van der Waals surface area contributed by atoms with Gasteiger partial charge < -0.3 is 29.5 Å². The largest absolute Gasteiger partial charge is 0.394 e. The van der Waals surface area contributed by atoms with Gasteiger partial charge in [-0.15, -0.1) is 0 Å². The van der Waals surface area contributed by atoms with Gasteiger partial charge in [-0.1, -0.05) is 346 Å². The molecule has 1 saturated heterocycles. The van der Waals surface area contributed by atoms with Crippen LogP contribution in [0.2, 0.25) is 0 Å². The fourth-order valence-corrected chi connectivity index (χ4v) is 8.78. The molecule has 1 aliphatic heterocycles. The first kappa shape index (κ1) is 144. The molecule has 6 nitrogen and oxygen atoms in total. The van der Waals surface area contributed by atoms with Crippen LogP contribution < -0.4 is 0 Å². The summed E-state index contributed by atoms with van der Waals surface area (Å²) in [7, 11) is 3.41. The van der Waals surface area contributed by atoms with Crippen LogP contribution in [0.15, 0.2) is 0 Å². The van der Waals surface area contributed by atoms with Crippen molar-refractivity contribution < 1.29 is 60.3 Å². The minimum absolute atomic E-state index is 0.0417. The van der Waals surface area contributed by atoms with Gasteiger partial charge >= 0.3 is 12.4 Å². The van der Waals surface area contributed by atoms with Crippen molar-refractivity contribution in [2.75, 3.05) is 27.4 Å². The van der Waals surface area contributed by atoms with Crippen LogP contribution in [0.5, 0.6) is 0 Å². The number of hydrogen-bond donors (Lipinski definition) is 3. The molecule has 0 atom stereocenters. The van der Waals surface area contributed by atoms with E-state index in [0.29, 0.717) is 54.0 Å². The van der Waals surface area contributed by atoms with E-state index in [0.717, 1.165) is 102 Å². The molecule has 3 N–H and O–H groups in total. The molecular weight excluding hydrogens is 1540 g/mol. The van der Waals surface area contributed by atoms with Crippen molar-refractivity contribution in [3.63, 3.8) is 0 Å². The second-order valence-corrected chi connectivity index (χ2v) is 49.2. The Labute approximate surface area is 765 Å². The molecule has 11 fully saturated rings. The Balaban J connectivity index is -0.000000118. The van der Waals surface area contributed by atoms with Crippen LogP contribution in [-0.4, -0.2) is 89.8 Å². The molecule has 0 bridgehead atoms. The fraction of sp³-hybridized carbons (Fsp3) is 1.00.